The van der Waals surface area contributed by atoms with Gasteiger partial charge in [0.15, 0.2) is 0 Å². The topological polar surface area (TPSA) is 35.5 Å². The van der Waals surface area contributed by atoms with Gasteiger partial charge in [0.1, 0.15) is 5.75 Å². The Morgan fingerprint density at radius 1 is 1.39 bits per heavy atom. The molecule has 0 radical (unpaired) electrons. The molecule has 1 atom stereocenters. The molecule has 0 aliphatic carbocycles. The number of rotatable bonds is 5. The normalized spacial score (nSPS) is 12.4. The van der Waals surface area contributed by atoms with E-state index in [-0.39, 0.29) is 5.97 Å². The Bertz CT molecular complexity index is 435. The van der Waals surface area contributed by atoms with Crippen LogP contribution < -0.4 is 4.74 Å². The lowest BCUT2D eigenvalue weighted by Crippen LogP contribution is -1.97. The molecule has 3 nitrogen and oxygen atoms in total. The first-order valence-electron chi connectivity index (χ1n) is 5.97. The van der Waals surface area contributed by atoms with Gasteiger partial charge in [-0.1, -0.05) is 25.1 Å². The summed E-state index contributed by atoms with van der Waals surface area (Å²) < 4.78 is 9.85. The fourth-order valence-corrected chi connectivity index (χ4v) is 1.72. The third-order valence-corrected chi connectivity index (χ3v) is 2.95. The zero-order valence-corrected chi connectivity index (χ0v) is 11.4. The molecule has 0 fully saturated rings. The van der Waals surface area contributed by atoms with E-state index in [2.05, 4.69) is 23.8 Å². The highest BCUT2D eigenvalue weighted by Crippen LogP contribution is 2.26. The molecular weight excluding hydrogens is 228 g/mol. The quantitative estimate of drug-likeness (QED) is 0.593. The number of hydrogen-bond acceptors (Lipinski definition) is 3. The fourth-order valence-electron chi connectivity index (χ4n) is 1.72. The number of aryl methyl sites for hydroxylation is 1. The Labute approximate surface area is 108 Å². The summed E-state index contributed by atoms with van der Waals surface area (Å²) in [5.74, 6) is 0.917. The summed E-state index contributed by atoms with van der Waals surface area (Å²) in [6.07, 6.45) is 4.09. The first kappa shape index (κ1) is 14.3. The van der Waals surface area contributed by atoms with Gasteiger partial charge in [-0.3, -0.25) is 0 Å². The smallest absolute Gasteiger partial charge is 0.330 e. The van der Waals surface area contributed by atoms with Gasteiger partial charge >= 0.3 is 5.97 Å². The minimum atomic E-state index is -0.316. The molecule has 1 unspecified atom stereocenters. The summed E-state index contributed by atoms with van der Waals surface area (Å²) >= 11 is 0. The molecule has 0 aromatic heterocycles. The second-order valence-corrected chi connectivity index (χ2v) is 4.29. The fraction of sp³-hybridized carbons (Fsp3) is 0.400. The molecule has 1 aromatic carbocycles. The van der Waals surface area contributed by atoms with Crippen molar-refractivity contribution in [1.82, 2.24) is 0 Å². The molecule has 0 saturated heterocycles. The van der Waals surface area contributed by atoms with Crippen molar-refractivity contribution in [3.63, 3.8) is 0 Å². The number of carbonyl (C=O) groups is 1. The van der Waals surface area contributed by atoms with Crippen molar-refractivity contribution in [2.75, 3.05) is 14.2 Å². The van der Waals surface area contributed by atoms with E-state index in [0.29, 0.717) is 5.92 Å². The Kier molecular flexibility index (Phi) is 5.43. The van der Waals surface area contributed by atoms with E-state index in [9.17, 15) is 4.79 Å². The van der Waals surface area contributed by atoms with Crippen LogP contribution in [0.4, 0.5) is 0 Å². The highest BCUT2D eigenvalue weighted by atomic mass is 16.5. The first-order valence-corrected chi connectivity index (χ1v) is 5.97. The van der Waals surface area contributed by atoms with Crippen LogP contribution in [0.5, 0.6) is 5.75 Å². The Morgan fingerprint density at radius 2 is 2.11 bits per heavy atom. The molecule has 18 heavy (non-hydrogen) atoms. The van der Waals surface area contributed by atoms with Gasteiger partial charge in [-0.25, -0.2) is 4.79 Å². The number of hydrogen-bond donors (Lipinski definition) is 0. The molecule has 0 spiro atoms. The zero-order chi connectivity index (χ0) is 13.5. The summed E-state index contributed by atoms with van der Waals surface area (Å²) in [5.41, 5.74) is 2.32. The molecule has 0 bridgehead atoms. The first-order chi connectivity index (χ1) is 8.58. The van der Waals surface area contributed by atoms with Crippen LogP contribution >= 0.6 is 0 Å². The van der Waals surface area contributed by atoms with Gasteiger partial charge in [0, 0.05) is 6.08 Å². The summed E-state index contributed by atoms with van der Waals surface area (Å²) in [4.78, 5) is 10.9. The van der Waals surface area contributed by atoms with Crippen molar-refractivity contribution in [2.45, 2.75) is 26.2 Å². The minimum Gasteiger partial charge on any atom is -0.496 e. The molecular formula is C15H20O3. The Balaban J connectivity index is 2.69. The number of ether oxygens (including phenoxy) is 2. The van der Waals surface area contributed by atoms with Crippen LogP contribution in [0.15, 0.2) is 30.4 Å². The van der Waals surface area contributed by atoms with Crippen LogP contribution in [0.25, 0.3) is 0 Å². The molecule has 0 aliphatic heterocycles. The van der Waals surface area contributed by atoms with Crippen molar-refractivity contribution >= 4 is 5.97 Å². The van der Waals surface area contributed by atoms with Crippen LogP contribution in [-0.4, -0.2) is 20.2 Å². The average molecular weight is 248 g/mol. The van der Waals surface area contributed by atoms with E-state index in [1.165, 1.54) is 18.7 Å². The van der Waals surface area contributed by atoms with Crippen molar-refractivity contribution in [2.24, 2.45) is 0 Å². The molecule has 0 saturated carbocycles. The summed E-state index contributed by atoms with van der Waals surface area (Å²) in [5, 5.41) is 0. The SMILES string of the molecule is COC(=O)/C=C/CC(C)c1ccc(C)c(OC)c1. The number of esters is 1. The third-order valence-electron chi connectivity index (χ3n) is 2.95. The summed E-state index contributed by atoms with van der Waals surface area (Å²) in [6.45, 7) is 4.14. The Hall–Kier alpha value is -1.77. The second kappa shape index (κ2) is 6.84. The van der Waals surface area contributed by atoms with Crippen molar-refractivity contribution in [1.29, 1.82) is 0 Å². The van der Waals surface area contributed by atoms with Gasteiger partial charge in [0.2, 0.25) is 0 Å². The number of benzene rings is 1. The van der Waals surface area contributed by atoms with Crippen LogP contribution in [0.1, 0.15) is 30.4 Å². The van der Waals surface area contributed by atoms with Crippen LogP contribution in [0.2, 0.25) is 0 Å². The molecule has 0 heterocycles. The van der Waals surface area contributed by atoms with E-state index in [1.54, 1.807) is 7.11 Å². The maximum Gasteiger partial charge on any atom is 0.330 e. The zero-order valence-electron chi connectivity index (χ0n) is 11.4. The van der Waals surface area contributed by atoms with Crippen LogP contribution in [-0.2, 0) is 9.53 Å². The predicted molar refractivity (Wildman–Crippen MR) is 71.9 cm³/mol. The van der Waals surface area contributed by atoms with Crippen molar-refractivity contribution in [3.8, 4) is 5.75 Å². The molecule has 0 N–H and O–H groups in total. The Morgan fingerprint density at radius 3 is 2.72 bits per heavy atom. The second-order valence-electron chi connectivity index (χ2n) is 4.29. The lowest BCUT2D eigenvalue weighted by molar-refractivity contribution is -0.134. The highest BCUT2D eigenvalue weighted by molar-refractivity contribution is 5.81. The lowest BCUT2D eigenvalue weighted by Gasteiger charge is -2.12. The van der Waals surface area contributed by atoms with E-state index in [0.717, 1.165) is 17.7 Å². The summed E-state index contributed by atoms with van der Waals surface area (Å²) in [7, 11) is 3.05. The number of allylic oxidation sites excluding steroid dienone is 1. The van der Waals surface area contributed by atoms with E-state index in [1.807, 2.05) is 19.1 Å². The highest BCUT2D eigenvalue weighted by Gasteiger charge is 2.07. The average Bonchev–Trinajstić information content (AvgIpc) is 2.38. The van der Waals surface area contributed by atoms with Gasteiger partial charge in [-0.2, -0.15) is 0 Å². The standard InChI is InChI=1S/C15H20O3/c1-11(6-5-7-15(16)18-4)13-9-8-12(2)14(10-13)17-3/h5,7-11H,6H2,1-4H3/b7-5+. The molecule has 1 rings (SSSR count). The molecule has 1 aromatic rings. The lowest BCUT2D eigenvalue weighted by atomic mass is 9.96. The van der Waals surface area contributed by atoms with Gasteiger partial charge in [-0.15, -0.1) is 0 Å². The minimum absolute atomic E-state index is 0.316. The molecule has 98 valence electrons. The predicted octanol–water partition coefficient (Wildman–Crippen LogP) is 3.23. The van der Waals surface area contributed by atoms with Crippen molar-refractivity contribution < 1.29 is 14.3 Å². The van der Waals surface area contributed by atoms with E-state index in [4.69, 9.17) is 4.74 Å². The molecule has 0 aliphatic rings. The maximum absolute atomic E-state index is 10.9. The van der Waals surface area contributed by atoms with Gasteiger partial charge < -0.3 is 9.47 Å². The van der Waals surface area contributed by atoms with Crippen LogP contribution in [0.3, 0.4) is 0 Å². The summed E-state index contributed by atoms with van der Waals surface area (Å²) in [6, 6.07) is 6.19. The number of carbonyl (C=O) groups excluding carboxylic acids is 1. The van der Waals surface area contributed by atoms with Gasteiger partial charge in [0.05, 0.1) is 14.2 Å². The molecule has 0 amide bonds. The van der Waals surface area contributed by atoms with Crippen LogP contribution in [0, 0.1) is 6.92 Å². The maximum atomic E-state index is 10.9. The monoisotopic (exact) mass is 248 g/mol. The third kappa shape index (κ3) is 3.91. The largest absolute Gasteiger partial charge is 0.496 e. The number of methoxy groups -OCH3 is 2. The van der Waals surface area contributed by atoms with E-state index >= 15 is 0 Å². The van der Waals surface area contributed by atoms with Crippen molar-refractivity contribution in [3.05, 3.63) is 41.5 Å². The van der Waals surface area contributed by atoms with E-state index < -0.39 is 0 Å². The molecule has 3 heteroatoms. The van der Waals surface area contributed by atoms with Gasteiger partial charge in [-0.05, 0) is 36.5 Å². The van der Waals surface area contributed by atoms with Gasteiger partial charge in [0.25, 0.3) is 0 Å².